The number of nitrogens with one attached hydrogen (secondary N) is 1. The Morgan fingerprint density at radius 1 is 1.25 bits per heavy atom. The third kappa shape index (κ3) is 2.92. The molecule has 1 aliphatic heterocycles. The minimum Gasteiger partial charge on any atom is -0.350 e. The summed E-state index contributed by atoms with van der Waals surface area (Å²) in [5, 5.41) is 2.98. The van der Waals surface area contributed by atoms with E-state index in [1.54, 1.807) is 0 Å². The van der Waals surface area contributed by atoms with Crippen molar-refractivity contribution in [1.82, 2.24) is 5.32 Å². The standard InChI is InChI=1S/C15H25NO3S/c1-10(2)8-11-12(14(11,3)4)13(17)16-15(5)6-7-20(18,19)9-15/h8,11-12H,6-7,9H2,1-5H3,(H,16,17)/t11-,12+,15-/m1/s1. The maximum atomic E-state index is 12.4. The summed E-state index contributed by atoms with van der Waals surface area (Å²) in [5.41, 5.74) is 0.590. The van der Waals surface area contributed by atoms with E-state index in [2.05, 4.69) is 25.2 Å². The first-order chi connectivity index (χ1) is 8.97. The van der Waals surface area contributed by atoms with Crippen LogP contribution in [-0.4, -0.2) is 31.4 Å². The van der Waals surface area contributed by atoms with Crippen molar-refractivity contribution in [3.05, 3.63) is 11.6 Å². The molecule has 2 aliphatic rings. The maximum Gasteiger partial charge on any atom is 0.224 e. The second kappa shape index (κ2) is 4.58. The van der Waals surface area contributed by atoms with Gasteiger partial charge in [0, 0.05) is 0 Å². The molecule has 1 N–H and O–H groups in total. The molecule has 0 unspecified atom stereocenters. The van der Waals surface area contributed by atoms with Gasteiger partial charge in [0.05, 0.1) is 23.0 Å². The third-order valence-electron chi connectivity index (χ3n) is 4.63. The molecule has 1 saturated heterocycles. The monoisotopic (exact) mass is 299 g/mol. The van der Waals surface area contributed by atoms with Crippen LogP contribution < -0.4 is 5.32 Å². The van der Waals surface area contributed by atoms with Gasteiger partial charge >= 0.3 is 0 Å². The number of rotatable bonds is 3. The molecule has 20 heavy (non-hydrogen) atoms. The predicted octanol–water partition coefficient (Wildman–Crippen LogP) is 1.92. The van der Waals surface area contributed by atoms with E-state index in [1.165, 1.54) is 5.57 Å². The average molecular weight is 299 g/mol. The van der Waals surface area contributed by atoms with Crippen LogP contribution in [0.15, 0.2) is 11.6 Å². The van der Waals surface area contributed by atoms with Gasteiger partial charge in [0.2, 0.25) is 5.91 Å². The molecule has 4 nitrogen and oxygen atoms in total. The number of carbonyl (C=O) groups excluding carboxylic acids is 1. The van der Waals surface area contributed by atoms with Crippen molar-refractivity contribution in [1.29, 1.82) is 0 Å². The minimum atomic E-state index is -2.99. The molecular formula is C15H25NO3S. The fraction of sp³-hybridized carbons (Fsp3) is 0.800. The lowest BCUT2D eigenvalue weighted by atomic mass is 10.0. The van der Waals surface area contributed by atoms with E-state index >= 15 is 0 Å². The van der Waals surface area contributed by atoms with E-state index in [-0.39, 0.29) is 34.7 Å². The average Bonchev–Trinajstić information content (AvgIpc) is 2.62. The summed E-state index contributed by atoms with van der Waals surface area (Å²) >= 11 is 0. The summed E-state index contributed by atoms with van der Waals surface area (Å²) in [6, 6.07) is 0. The van der Waals surface area contributed by atoms with Gasteiger partial charge in [0.15, 0.2) is 9.84 Å². The number of carbonyl (C=O) groups is 1. The van der Waals surface area contributed by atoms with E-state index in [9.17, 15) is 13.2 Å². The summed E-state index contributed by atoms with van der Waals surface area (Å²) in [4.78, 5) is 12.4. The molecule has 0 bridgehead atoms. The highest BCUT2D eigenvalue weighted by Gasteiger charge is 2.61. The Balaban J connectivity index is 2.06. The number of hydrogen-bond donors (Lipinski definition) is 1. The third-order valence-corrected chi connectivity index (χ3v) is 6.54. The maximum absolute atomic E-state index is 12.4. The molecular weight excluding hydrogens is 274 g/mol. The van der Waals surface area contributed by atoms with Gasteiger partial charge in [0.1, 0.15) is 0 Å². The van der Waals surface area contributed by atoms with Gasteiger partial charge in [-0.1, -0.05) is 25.5 Å². The minimum absolute atomic E-state index is 0.00269. The van der Waals surface area contributed by atoms with E-state index in [1.807, 2.05) is 20.8 Å². The van der Waals surface area contributed by atoms with Crippen molar-refractivity contribution in [2.45, 2.75) is 46.6 Å². The molecule has 2 fully saturated rings. The van der Waals surface area contributed by atoms with Crippen molar-refractivity contribution < 1.29 is 13.2 Å². The zero-order chi connectivity index (χ0) is 15.3. The lowest BCUT2D eigenvalue weighted by Gasteiger charge is -2.24. The predicted molar refractivity (Wildman–Crippen MR) is 80.0 cm³/mol. The van der Waals surface area contributed by atoms with Gasteiger partial charge in [0.25, 0.3) is 0 Å². The van der Waals surface area contributed by atoms with E-state index in [0.29, 0.717) is 6.42 Å². The molecule has 0 radical (unpaired) electrons. The highest BCUT2D eigenvalue weighted by Crippen LogP contribution is 2.59. The lowest BCUT2D eigenvalue weighted by Crippen LogP contribution is -2.48. The molecule has 0 aromatic carbocycles. The zero-order valence-electron chi connectivity index (χ0n) is 13.0. The SMILES string of the molecule is CC(C)=C[C@@H]1[C@@H](C(=O)N[C@]2(C)CCS(=O)(=O)C2)C1(C)C. The molecule has 0 spiro atoms. The van der Waals surface area contributed by atoms with Crippen molar-refractivity contribution in [3.8, 4) is 0 Å². The summed E-state index contributed by atoms with van der Waals surface area (Å²) in [7, 11) is -2.99. The summed E-state index contributed by atoms with van der Waals surface area (Å²) in [6.07, 6.45) is 2.67. The Labute approximate surface area is 121 Å². The van der Waals surface area contributed by atoms with Crippen LogP contribution in [0, 0.1) is 17.3 Å². The molecule has 1 saturated carbocycles. The highest BCUT2D eigenvalue weighted by molar-refractivity contribution is 7.91. The summed E-state index contributed by atoms with van der Waals surface area (Å²) in [6.45, 7) is 10.1. The van der Waals surface area contributed by atoms with E-state index in [4.69, 9.17) is 0 Å². The van der Waals surface area contributed by atoms with Crippen molar-refractivity contribution in [2.75, 3.05) is 11.5 Å². The first-order valence-electron chi connectivity index (χ1n) is 7.14. The van der Waals surface area contributed by atoms with Crippen molar-refractivity contribution in [3.63, 3.8) is 0 Å². The summed E-state index contributed by atoms with van der Waals surface area (Å²) in [5.74, 6) is 0.449. The van der Waals surface area contributed by atoms with Crippen LogP contribution in [0.1, 0.15) is 41.0 Å². The van der Waals surface area contributed by atoms with Crippen LogP contribution in [0.3, 0.4) is 0 Å². The van der Waals surface area contributed by atoms with Crippen LogP contribution in [0.5, 0.6) is 0 Å². The quantitative estimate of drug-likeness (QED) is 0.810. The number of hydrogen-bond acceptors (Lipinski definition) is 3. The highest BCUT2D eigenvalue weighted by atomic mass is 32.2. The Morgan fingerprint density at radius 2 is 1.85 bits per heavy atom. The van der Waals surface area contributed by atoms with Gasteiger partial charge < -0.3 is 5.32 Å². The van der Waals surface area contributed by atoms with Gasteiger partial charge in [-0.25, -0.2) is 8.42 Å². The van der Waals surface area contributed by atoms with E-state index in [0.717, 1.165) is 0 Å². The Kier molecular flexibility index (Phi) is 3.56. The molecule has 0 aromatic rings. The molecule has 114 valence electrons. The normalized spacial score (nSPS) is 37.2. The molecule has 5 heteroatoms. The van der Waals surface area contributed by atoms with Gasteiger partial charge in [-0.15, -0.1) is 0 Å². The fourth-order valence-corrected chi connectivity index (χ4v) is 5.43. The van der Waals surface area contributed by atoms with Crippen LogP contribution in [-0.2, 0) is 14.6 Å². The molecule has 1 amide bonds. The Bertz CT molecular complexity index is 558. The van der Waals surface area contributed by atoms with Gasteiger partial charge in [-0.05, 0) is 38.5 Å². The molecule has 1 heterocycles. The number of allylic oxidation sites excluding steroid dienone is 2. The molecule has 2 rings (SSSR count). The van der Waals surface area contributed by atoms with Crippen LogP contribution in [0.4, 0.5) is 0 Å². The van der Waals surface area contributed by atoms with Crippen LogP contribution in [0.25, 0.3) is 0 Å². The van der Waals surface area contributed by atoms with Gasteiger partial charge in [-0.2, -0.15) is 0 Å². The molecule has 3 atom stereocenters. The topological polar surface area (TPSA) is 63.2 Å². The number of amides is 1. The smallest absolute Gasteiger partial charge is 0.224 e. The first-order valence-corrected chi connectivity index (χ1v) is 8.96. The largest absolute Gasteiger partial charge is 0.350 e. The van der Waals surface area contributed by atoms with Crippen molar-refractivity contribution in [2.24, 2.45) is 17.3 Å². The Morgan fingerprint density at radius 3 is 2.30 bits per heavy atom. The lowest BCUT2D eigenvalue weighted by molar-refractivity contribution is -0.124. The zero-order valence-corrected chi connectivity index (χ0v) is 13.8. The second-order valence-corrected chi connectivity index (χ2v) is 9.64. The van der Waals surface area contributed by atoms with Crippen LogP contribution >= 0.6 is 0 Å². The van der Waals surface area contributed by atoms with Crippen molar-refractivity contribution >= 4 is 15.7 Å². The van der Waals surface area contributed by atoms with Crippen LogP contribution in [0.2, 0.25) is 0 Å². The van der Waals surface area contributed by atoms with E-state index < -0.39 is 15.4 Å². The first kappa shape index (κ1) is 15.5. The molecule has 1 aliphatic carbocycles. The van der Waals surface area contributed by atoms with Gasteiger partial charge in [-0.3, -0.25) is 4.79 Å². The number of sulfone groups is 1. The summed E-state index contributed by atoms with van der Waals surface area (Å²) < 4.78 is 23.2. The molecule has 0 aromatic heterocycles. The fourth-order valence-electron chi connectivity index (χ4n) is 3.33. The Hall–Kier alpha value is -0.840. The second-order valence-electron chi connectivity index (χ2n) is 7.46.